The van der Waals surface area contributed by atoms with Gasteiger partial charge in [-0.25, -0.2) is 18.2 Å². The lowest BCUT2D eigenvalue weighted by Crippen LogP contribution is -2.58. The van der Waals surface area contributed by atoms with Crippen molar-refractivity contribution in [1.29, 1.82) is 0 Å². The lowest BCUT2D eigenvalue weighted by Gasteiger charge is -2.43. The van der Waals surface area contributed by atoms with Gasteiger partial charge in [-0.15, -0.1) is 0 Å². The summed E-state index contributed by atoms with van der Waals surface area (Å²) >= 11 is 6.87. The molecule has 1 atom stereocenters. The highest BCUT2D eigenvalue weighted by Crippen LogP contribution is 2.39. The molecule has 1 N–H and O–H groups in total. The molecule has 2 saturated heterocycles. The minimum Gasteiger partial charge on any atom is -0.370 e. The zero-order chi connectivity index (χ0) is 21.5. The predicted molar refractivity (Wildman–Crippen MR) is 111 cm³/mol. The first-order valence-corrected chi connectivity index (χ1v) is 10.8. The van der Waals surface area contributed by atoms with Crippen LogP contribution >= 0.6 is 23.5 Å². The SMILES string of the molecule is CC1(F)CN(CC2CCN(c3cc(F)c(SNc4cccc(F)n4)c(F)c3Cl)C2)C1. The Morgan fingerprint density at radius 2 is 2.07 bits per heavy atom. The summed E-state index contributed by atoms with van der Waals surface area (Å²) in [4.78, 5) is 7.20. The highest BCUT2D eigenvalue weighted by atomic mass is 35.5. The van der Waals surface area contributed by atoms with E-state index in [0.717, 1.165) is 13.0 Å². The number of hydrogen-bond donors (Lipinski definition) is 1. The molecule has 0 spiro atoms. The molecule has 1 aromatic carbocycles. The van der Waals surface area contributed by atoms with Crippen molar-refractivity contribution in [2.45, 2.75) is 23.9 Å². The zero-order valence-electron chi connectivity index (χ0n) is 16.3. The number of nitrogens with one attached hydrogen (secondary N) is 1. The quantitative estimate of drug-likeness (QED) is 0.279. The smallest absolute Gasteiger partial charge is 0.214 e. The fraction of sp³-hybridized carbons (Fsp3) is 0.450. The number of nitrogens with zero attached hydrogens (tertiary/aromatic N) is 3. The van der Waals surface area contributed by atoms with Crippen molar-refractivity contribution in [2.75, 3.05) is 42.3 Å². The molecule has 2 aliphatic rings. The van der Waals surface area contributed by atoms with Gasteiger partial charge in [-0.2, -0.15) is 4.39 Å². The average molecular weight is 461 g/mol. The van der Waals surface area contributed by atoms with Gasteiger partial charge >= 0.3 is 0 Å². The highest BCUT2D eigenvalue weighted by Gasteiger charge is 2.40. The Morgan fingerprint density at radius 1 is 1.30 bits per heavy atom. The number of benzene rings is 1. The van der Waals surface area contributed by atoms with Gasteiger partial charge in [0.1, 0.15) is 27.2 Å². The van der Waals surface area contributed by atoms with E-state index in [0.29, 0.717) is 43.8 Å². The van der Waals surface area contributed by atoms with Crippen LogP contribution in [0.1, 0.15) is 13.3 Å². The molecular weight excluding hydrogens is 440 g/mol. The number of alkyl halides is 1. The van der Waals surface area contributed by atoms with Crippen LogP contribution in [0, 0.1) is 23.5 Å². The molecular formula is C20H21ClF4N4S. The van der Waals surface area contributed by atoms with E-state index < -0.39 is 23.3 Å². The summed E-state index contributed by atoms with van der Waals surface area (Å²) in [5.41, 5.74) is -0.808. The standard InChI is InChI=1S/C20H21ClF4N4S/c1-20(25)10-28(11-20)8-12-5-6-29(9-12)14-7-13(22)19(18(24)17(14)21)30-27-16-4-2-3-15(23)26-16/h2-4,7,12H,5-6,8-11H2,1H3,(H,26,27). The van der Waals surface area contributed by atoms with Gasteiger partial charge in [-0.1, -0.05) is 17.7 Å². The zero-order valence-corrected chi connectivity index (χ0v) is 17.8. The Bertz CT molecular complexity index is 937. The Balaban J connectivity index is 1.42. The van der Waals surface area contributed by atoms with Crippen molar-refractivity contribution >= 4 is 35.1 Å². The molecule has 30 heavy (non-hydrogen) atoms. The Labute approximate surface area is 181 Å². The van der Waals surface area contributed by atoms with Crippen LogP contribution in [0.2, 0.25) is 5.02 Å². The van der Waals surface area contributed by atoms with E-state index in [4.69, 9.17) is 11.6 Å². The molecule has 0 amide bonds. The number of hydrogen-bond acceptors (Lipinski definition) is 5. The third-order valence-corrected chi connectivity index (χ3v) is 6.57. The summed E-state index contributed by atoms with van der Waals surface area (Å²) in [6, 6.07) is 5.31. The summed E-state index contributed by atoms with van der Waals surface area (Å²) in [5, 5.41) is -0.158. The van der Waals surface area contributed by atoms with Gasteiger partial charge < -0.3 is 9.62 Å². The fourth-order valence-corrected chi connectivity index (χ4v) is 5.03. The van der Waals surface area contributed by atoms with E-state index in [1.807, 2.05) is 4.90 Å². The molecule has 0 radical (unpaired) electrons. The summed E-state index contributed by atoms with van der Waals surface area (Å²) in [6.45, 7) is 4.43. The average Bonchev–Trinajstić information content (AvgIpc) is 3.11. The molecule has 3 heterocycles. The first-order valence-electron chi connectivity index (χ1n) is 9.61. The predicted octanol–water partition coefficient (Wildman–Crippen LogP) is 5.14. The minimum atomic E-state index is -1.11. The van der Waals surface area contributed by atoms with Crippen LogP contribution in [0.3, 0.4) is 0 Å². The van der Waals surface area contributed by atoms with Gasteiger partial charge in [0.15, 0.2) is 5.82 Å². The minimum absolute atomic E-state index is 0.136. The molecule has 0 bridgehead atoms. The van der Waals surface area contributed by atoms with Crippen LogP contribution in [0.4, 0.5) is 29.1 Å². The second-order valence-electron chi connectivity index (χ2n) is 8.07. The van der Waals surface area contributed by atoms with Crippen LogP contribution < -0.4 is 9.62 Å². The third kappa shape index (κ3) is 4.63. The molecule has 0 saturated carbocycles. The summed E-state index contributed by atoms with van der Waals surface area (Å²) in [6.07, 6.45) is 0.850. The van der Waals surface area contributed by atoms with E-state index in [1.165, 1.54) is 24.3 Å². The van der Waals surface area contributed by atoms with Crippen molar-refractivity contribution in [2.24, 2.45) is 5.92 Å². The molecule has 1 unspecified atom stereocenters. The van der Waals surface area contributed by atoms with E-state index >= 15 is 0 Å². The van der Waals surface area contributed by atoms with Gasteiger partial charge in [0.05, 0.1) is 5.69 Å². The number of likely N-dealkylation sites (tertiary alicyclic amines) is 1. The van der Waals surface area contributed by atoms with Gasteiger partial charge in [0.2, 0.25) is 5.95 Å². The van der Waals surface area contributed by atoms with E-state index in [-0.39, 0.29) is 21.7 Å². The van der Waals surface area contributed by atoms with Gasteiger partial charge in [-0.05, 0) is 43.3 Å². The normalized spacial score (nSPS) is 21.0. The van der Waals surface area contributed by atoms with E-state index in [9.17, 15) is 17.6 Å². The second kappa shape index (κ2) is 8.43. The summed E-state index contributed by atoms with van der Waals surface area (Å²) in [5.74, 6) is -1.91. The number of halogens is 5. The number of anilines is 2. The lowest BCUT2D eigenvalue weighted by atomic mass is 9.96. The molecule has 0 aliphatic carbocycles. The molecule has 1 aromatic heterocycles. The molecule has 162 valence electrons. The second-order valence-corrected chi connectivity index (χ2v) is 9.26. The maximum Gasteiger partial charge on any atom is 0.214 e. The van der Waals surface area contributed by atoms with Crippen molar-refractivity contribution in [3.63, 3.8) is 0 Å². The molecule has 2 fully saturated rings. The van der Waals surface area contributed by atoms with E-state index in [2.05, 4.69) is 14.6 Å². The first kappa shape index (κ1) is 21.5. The molecule has 2 aliphatic heterocycles. The third-order valence-electron chi connectivity index (χ3n) is 5.32. The van der Waals surface area contributed by atoms with Gasteiger partial charge in [0, 0.05) is 38.8 Å². The van der Waals surface area contributed by atoms with Crippen LogP contribution in [0.5, 0.6) is 0 Å². The fourth-order valence-electron chi connectivity index (χ4n) is 4.04. The molecule has 4 nitrogen and oxygen atoms in total. The first-order chi connectivity index (χ1) is 14.2. The van der Waals surface area contributed by atoms with Crippen molar-refractivity contribution in [3.05, 3.63) is 46.9 Å². The molecule has 4 rings (SSSR count). The van der Waals surface area contributed by atoms with Gasteiger partial charge in [0.25, 0.3) is 0 Å². The number of aromatic nitrogens is 1. The van der Waals surface area contributed by atoms with Crippen LogP contribution in [-0.4, -0.2) is 48.3 Å². The maximum absolute atomic E-state index is 14.8. The monoisotopic (exact) mass is 460 g/mol. The Hall–Kier alpha value is -1.71. The molecule has 10 heteroatoms. The molecule has 2 aromatic rings. The topological polar surface area (TPSA) is 31.4 Å². The summed E-state index contributed by atoms with van der Waals surface area (Å²) in [7, 11) is 0. The lowest BCUT2D eigenvalue weighted by molar-refractivity contribution is -0.0242. The number of pyridine rings is 1. The van der Waals surface area contributed by atoms with Gasteiger partial charge in [-0.3, -0.25) is 4.90 Å². The summed E-state index contributed by atoms with van der Waals surface area (Å²) < 4.78 is 58.9. The van der Waals surface area contributed by atoms with E-state index in [1.54, 1.807) is 6.92 Å². The van der Waals surface area contributed by atoms with Crippen LogP contribution in [0.15, 0.2) is 29.2 Å². The van der Waals surface area contributed by atoms with Crippen LogP contribution in [-0.2, 0) is 0 Å². The maximum atomic E-state index is 14.8. The van der Waals surface area contributed by atoms with Crippen molar-refractivity contribution in [1.82, 2.24) is 9.88 Å². The number of rotatable bonds is 6. The largest absolute Gasteiger partial charge is 0.370 e. The Morgan fingerprint density at radius 3 is 2.77 bits per heavy atom. The van der Waals surface area contributed by atoms with Crippen molar-refractivity contribution < 1.29 is 17.6 Å². The van der Waals surface area contributed by atoms with Crippen molar-refractivity contribution in [3.8, 4) is 0 Å². The highest BCUT2D eigenvalue weighted by molar-refractivity contribution is 8.00. The van der Waals surface area contributed by atoms with Crippen LogP contribution in [0.25, 0.3) is 0 Å². The Kier molecular flexibility index (Phi) is 6.05.